The first kappa shape index (κ1) is 21.6. The van der Waals surface area contributed by atoms with Crippen molar-refractivity contribution in [2.45, 2.75) is 51.7 Å². The number of esters is 1. The number of likely N-dealkylation sites (N-methyl/N-ethyl adjacent to an activating group) is 1. The van der Waals surface area contributed by atoms with Crippen LogP contribution in [-0.4, -0.2) is 59.6 Å². The van der Waals surface area contributed by atoms with E-state index in [9.17, 15) is 14.4 Å². The van der Waals surface area contributed by atoms with E-state index in [1.54, 1.807) is 13.8 Å². The molecule has 0 saturated heterocycles. The molecule has 3 unspecified atom stereocenters. The second-order valence-corrected chi connectivity index (χ2v) is 6.18. The quantitative estimate of drug-likeness (QED) is 0.610. The van der Waals surface area contributed by atoms with Crippen LogP contribution in [0.4, 0.5) is 0 Å². The van der Waals surface area contributed by atoms with Crippen molar-refractivity contribution in [1.82, 2.24) is 10.2 Å². The molecule has 0 spiro atoms. The summed E-state index contributed by atoms with van der Waals surface area (Å²) in [5, 5.41) is 12.0. The average molecular weight is 364 g/mol. The Balaban J connectivity index is 2.75. The zero-order chi connectivity index (χ0) is 19.7. The Bertz CT molecular complexity index is 605. The molecule has 1 rings (SSSR count). The summed E-state index contributed by atoms with van der Waals surface area (Å²) in [7, 11) is 1.43. The molecule has 0 aliphatic heterocycles. The van der Waals surface area contributed by atoms with Gasteiger partial charge in [0.05, 0.1) is 12.6 Å². The molecule has 26 heavy (non-hydrogen) atoms. The number of hydrogen-bond acceptors (Lipinski definition) is 5. The van der Waals surface area contributed by atoms with E-state index in [1.165, 1.54) is 14.0 Å². The highest BCUT2D eigenvalue weighted by Gasteiger charge is 2.29. The summed E-state index contributed by atoms with van der Waals surface area (Å²) in [6, 6.07) is 7.41. The van der Waals surface area contributed by atoms with Crippen molar-refractivity contribution in [1.29, 1.82) is 0 Å². The fourth-order valence-electron chi connectivity index (χ4n) is 2.50. The summed E-state index contributed by atoms with van der Waals surface area (Å²) in [6.07, 6.45) is 1.12. The van der Waals surface area contributed by atoms with Crippen LogP contribution in [-0.2, 0) is 25.5 Å². The van der Waals surface area contributed by atoms with Crippen LogP contribution in [0.25, 0.3) is 0 Å². The number of nitrogens with one attached hydrogen (secondary N) is 1. The van der Waals surface area contributed by atoms with Crippen LogP contribution in [0.5, 0.6) is 0 Å². The molecule has 1 aromatic carbocycles. The largest absolute Gasteiger partial charge is 0.480 e. The van der Waals surface area contributed by atoms with Crippen molar-refractivity contribution in [3.63, 3.8) is 0 Å². The summed E-state index contributed by atoms with van der Waals surface area (Å²) in [6.45, 7) is 5.02. The summed E-state index contributed by atoms with van der Waals surface area (Å²) >= 11 is 0. The Kier molecular flexibility index (Phi) is 8.78. The average Bonchev–Trinajstić information content (AvgIpc) is 2.63. The lowest BCUT2D eigenvalue weighted by molar-refractivity contribution is -0.150. The van der Waals surface area contributed by atoms with Gasteiger partial charge >= 0.3 is 11.9 Å². The molecule has 0 aromatic heterocycles. The van der Waals surface area contributed by atoms with Gasteiger partial charge < -0.3 is 14.7 Å². The van der Waals surface area contributed by atoms with Crippen LogP contribution in [0, 0.1) is 0 Å². The van der Waals surface area contributed by atoms with Gasteiger partial charge in [-0.2, -0.15) is 0 Å². The van der Waals surface area contributed by atoms with Gasteiger partial charge in [0.1, 0.15) is 12.1 Å². The molecule has 1 aromatic rings. The standard InChI is InChI=1S/C19H28N2O5/c1-5-26-19(25)16(12-11-15-9-7-6-8-10-15)20-13(2)17(22)21(4)14(3)18(23)24/h6-10,13-14,16,20H,5,11-12H2,1-4H3,(H,23,24). The first-order valence-corrected chi connectivity index (χ1v) is 8.74. The fraction of sp³-hybridized carbons (Fsp3) is 0.526. The van der Waals surface area contributed by atoms with Crippen molar-refractivity contribution >= 4 is 17.8 Å². The molecule has 7 nitrogen and oxygen atoms in total. The molecule has 3 atom stereocenters. The van der Waals surface area contributed by atoms with Gasteiger partial charge in [-0.05, 0) is 39.2 Å². The van der Waals surface area contributed by atoms with Gasteiger partial charge in [0.2, 0.25) is 5.91 Å². The highest BCUT2D eigenvalue weighted by atomic mass is 16.5. The monoisotopic (exact) mass is 364 g/mol. The Labute approximate surface area is 154 Å². The predicted molar refractivity (Wildman–Crippen MR) is 97.6 cm³/mol. The second-order valence-electron chi connectivity index (χ2n) is 6.18. The summed E-state index contributed by atoms with van der Waals surface area (Å²) < 4.78 is 5.10. The van der Waals surface area contributed by atoms with Gasteiger partial charge in [0, 0.05) is 7.05 Å². The van der Waals surface area contributed by atoms with Crippen LogP contribution in [0.3, 0.4) is 0 Å². The van der Waals surface area contributed by atoms with E-state index in [2.05, 4.69) is 5.32 Å². The minimum atomic E-state index is -1.08. The lowest BCUT2D eigenvalue weighted by Gasteiger charge is -2.27. The molecule has 0 aliphatic carbocycles. The van der Waals surface area contributed by atoms with Crippen molar-refractivity contribution in [2.24, 2.45) is 0 Å². The Morgan fingerprint density at radius 3 is 2.35 bits per heavy atom. The number of ether oxygens (including phenoxy) is 1. The first-order chi connectivity index (χ1) is 12.3. The van der Waals surface area contributed by atoms with E-state index in [-0.39, 0.29) is 6.61 Å². The minimum Gasteiger partial charge on any atom is -0.480 e. The van der Waals surface area contributed by atoms with Gasteiger partial charge in [-0.25, -0.2) is 4.79 Å². The molecule has 0 bridgehead atoms. The molecule has 1 amide bonds. The number of carboxylic acid groups (broad SMARTS) is 1. The third-order valence-corrected chi connectivity index (χ3v) is 4.24. The van der Waals surface area contributed by atoms with Crippen molar-refractivity contribution in [3.05, 3.63) is 35.9 Å². The number of amides is 1. The summed E-state index contributed by atoms with van der Waals surface area (Å²) in [5.74, 6) is -1.90. The number of rotatable bonds is 10. The molecular weight excluding hydrogens is 336 g/mol. The number of carboxylic acids is 1. The van der Waals surface area contributed by atoms with Gasteiger partial charge in [-0.1, -0.05) is 30.3 Å². The van der Waals surface area contributed by atoms with E-state index in [0.717, 1.165) is 10.5 Å². The van der Waals surface area contributed by atoms with Gasteiger partial charge in [0.25, 0.3) is 0 Å². The maximum Gasteiger partial charge on any atom is 0.326 e. The second kappa shape index (κ2) is 10.6. The number of hydrogen-bond donors (Lipinski definition) is 2. The molecular formula is C19H28N2O5. The summed E-state index contributed by atoms with van der Waals surface area (Å²) in [5.41, 5.74) is 1.08. The van der Waals surface area contributed by atoms with Gasteiger partial charge in [0.15, 0.2) is 0 Å². The van der Waals surface area contributed by atoms with Gasteiger partial charge in [-0.15, -0.1) is 0 Å². The number of carbonyl (C=O) groups is 3. The topological polar surface area (TPSA) is 95.9 Å². The highest BCUT2D eigenvalue weighted by molar-refractivity contribution is 5.87. The Hall–Kier alpha value is -2.41. The molecule has 2 N–H and O–H groups in total. The van der Waals surface area contributed by atoms with Crippen LogP contribution >= 0.6 is 0 Å². The smallest absolute Gasteiger partial charge is 0.326 e. The zero-order valence-electron chi connectivity index (χ0n) is 15.8. The van der Waals surface area contributed by atoms with E-state index in [1.807, 2.05) is 30.3 Å². The molecule has 0 fully saturated rings. The molecule has 0 radical (unpaired) electrons. The van der Waals surface area contributed by atoms with Crippen molar-refractivity contribution in [3.8, 4) is 0 Å². The maximum atomic E-state index is 12.4. The lowest BCUT2D eigenvalue weighted by atomic mass is 10.0. The van der Waals surface area contributed by atoms with Crippen LogP contribution < -0.4 is 5.32 Å². The maximum absolute atomic E-state index is 12.4. The minimum absolute atomic E-state index is 0.251. The first-order valence-electron chi connectivity index (χ1n) is 8.74. The zero-order valence-corrected chi connectivity index (χ0v) is 15.8. The third-order valence-electron chi connectivity index (χ3n) is 4.24. The Morgan fingerprint density at radius 1 is 1.19 bits per heavy atom. The van der Waals surface area contributed by atoms with Crippen LogP contribution in [0.1, 0.15) is 32.8 Å². The molecule has 7 heteroatoms. The van der Waals surface area contributed by atoms with Crippen molar-refractivity contribution < 1.29 is 24.2 Å². The predicted octanol–water partition coefficient (Wildman–Crippen LogP) is 1.46. The normalized spacial score (nSPS) is 14.2. The van der Waals surface area contributed by atoms with Crippen LogP contribution in [0.15, 0.2) is 30.3 Å². The van der Waals surface area contributed by atoms with Gasteiger partial charge in [-0.3, -0.25) is 14.9 Å². The number of aryl methyl sites for hydroxylation is 1. The highest BCUT2D eigenvalue weighted by Crippen LogP contribution is 2.08. The fourth-order valence-corrected chi connectivity index (χ4v) is 2.50. The number of nitrogens with zero attached hydrogens (tertiary/aromatic N) is 1. The molecule has 0 aliphatic rings. The van der Waals surface area contributed by atoms with Crippen LogP contribution in [0.2, 0.25) is 0 Å². The van der Waals surface area contributed by atoms with E-state index >= 15 is 0 Å². The van der Waals surface area contributed by atoms with E-state index in [4.69, 9.17) is 9.84 Å². The molecule has 0 heterocycles. The number of benzene rings is 1. The van der Waals surface area contributed by atoms with Crippen molar-refractivity contribution in [2.75, 3.05) is 13.7 Å². The van der Waals surface area contributed by atoms with E-state index in [0.29, 0.717) is 12.8 Å². The van der Waals surface area contributed by atoms with E-state index < -0.39 is 36.0 Å². The molecule has 144 valence electrons. The summed E-state index contributed by atoms with van der Waals surface area (Å²) in [4.78, 5) is 36.9. The lowest BCUT2D eigenvalue weighted by Crippen LogP contribution is -2.53. The number of aliphatic carboxylic acids is 1. The third kappa shape index (κ3) is 6.48. The Morgan fingerprint density at radius 2 is 1.81 bits per heavy atom. The SMILES string of the molecule is CCOC(=O)C(CCc1ccccc1)NC(C)C(=O)N(C)C(C)C(=O)O. The molecule has 0 saturated carbocycles. The number of carbonyl (C=O) groups excluding carboxylic acids is 2.